The average molecular weight is 344 g/mol. The molecule has 2 N–H and O–H groups in total. The van der Waals surface area contributed by atoms with Gasteiger partial charge in [0.2, 0.25) is 0 Å². The van der Waals surface area contributed by atoms with Crippen LogP contribution in [0.4, 0.5) is 0 Å². The van der Waals surface area contributed by atoms with E-state index in [4.69, 9.17) is 9.47 Å². The third-order valence-electron chi connectivity index (χ3n) is 3.67. The van der Waals surface area contributed by atoms with Gasteiger partial charge in [-0.15, -0.1) is 0 Å². The van der Waals surface area contributed by atoms with Crippen LogP contribution in [0.2, 0.25) is 0 Å². The number of amides is 1. The Morgan fingerprint density at radius 1 is 1.16 bits per heavy atom. The molecule has 0 aliphatic carbocycles. The van der Waals surface area contributed by atoms with E-state index in [0.29, 0.717) is 22.6 Å². The lowest BCUT2D eigenvalue weighted by atomic mass is 10.0. The van der Waals surface area contributed by atoms with Crippen LogP contribution in [-0.2, 0) is 4.79 Å². The molecule has 0 spiro atoms. The molecule has 0 aliphatic heterocycles. The van der Waals surface area contributed by atoms with Crippen LogP contribution in [0.3, 0.4) is 0 Å². The molecule has 1 heterocycles. The Bertz CT molecular complexity index is 759. The fourth-order valence-electron chi connectivity index (χ4n) is 2.34. The van der Waals surface area contributed by atoms with Gasteiger partial charge in [0.25, 0.3) is 5.91 Å². The summed E-state index contributed by atoms with van der Waals surface area (Å²) in [7, 11) is 3.00. The van der Waals surface area contributed by atoms with Crippen LogP contribution in [0, 0.1) is 6.92 Å². The number of rotatable bonds is 7. The molecular formula is C18H20N2O5. The van der Waals surface area contributed by atoms with Crippen molar-refractivity contribution in [2.45, 2.75) is 19.4 Å². The van der Waals surface area contributed by atoms with E-state index in [-0.39, 0.29) is 6.42 Å². The maximum Gasteiger partial charge on any atom is 0.305 e. The first-order chi connectivity index (χ1) is 11.9. The molecule has 7 heteroatoms. The summed E-state index contributed by atoms with van der Waals surface area (Å²) in [6.45, 7) is 1.82. The number of carbonyl (C=O) groups excluding carboxylic acids is 1. The summed E-state index contributed by atoms with van der Waals surface area (Å²) >= 11 is 0. The summed E-state index contributed by atoms with van der Waals surface area (Å²) in [5.74, 6) is -0.438. The molecule has 25 heavy (non-hydrogen) atoms. The number of aliphatic carboxylic acids is 1. The van der Waals surface area contributed by atoms with Gasteiger partial charge in [0.05, 0.1) is 32.2 Å². The Labute approximate surface area is 145 Å². The van der Waals surface area contributed by atoms with Gasteiger partial charge in [0.15, 0.2) is 11.5 Å². The quantitative estimate of drug-likeness (QED) is 0.800. The first-order valence-corrected chi connectivity index (χ1v) is 7.61. The topological polar surface area (TPSA) is 97.8 Å². The molecule has 2 aromatic rings. The Balaban J connectivity index is 2.28. The number of carboxylic acid groups (broad SMARTS) is 1. The number of hydrogen-bond acceptors (Lipinski definition) is 5. The largest absolute Gasteiger partial charge is 0.493 e. The minimum atomic E-state index is -1.03. The molecule has 7 nitrogen and oxygen atoms in total. The molecule has 0 fully saturated rings. The maximum absolute atomic E-state index is 12.4. The van der Waals surface area contributed by atoms with Gasteiger partial charge in [-0.25, -0.2) is 0 Å². The fraction of sp³-hybridized carbons (Fsp3) is 0.278. The first kappa shape index (κ1) is 18.3. The summed E-state index contributed by atoms with van der Waals surface area (Å²) in [5, 5.41) is 11.9. The normalized spacial score (nSPS) is 11.5. The predicted molar refractivity (Wildman–Crippen MR) is 91.0 cm³/mol. The van der Waals surface area contributed by atoms with Gasteiger partial charge >= 0.3 is 5.97 Å². The highest BCUT2D eigenvalue weighted by molar-refractivity contribution is 5.94. The Morgan fingerprint density at radius 2 is 1.88 bits per heavy atom. The summed E-state index contributed by atoms with van der Waals surface area (Å²) in [5.41, 5.74) is 1.76. The summed E-state index contributed by atoms with van der Waals surface area (Å²) < 4.78 is 10.4. The van der Waals surface area contributed by atoms with E-state index < -0.39 is 17.9 Å². The summed E-state index contributed by atoms with van der Waals surface area (Å²) in [6, 6.07) is 7.67. The van der Waals surface area contributed by atoms with Crippen LogP contribution >= 0.6 is 0 Å². The van der Waals surface area contributed by atoms with Crippen molar-refractivity contribution in [3.05, 3.63) is 53.3 Å². The Kier molecular flexibility index (Phi) is 5.94. The number of aromatic nitrogens is 1. The van der Waals surface area contributed by atoms with Crippen molar-refractivity contribution in [1.82, 2.24) is 10.3 Å². The summed E-state index contributed by atoms with van der Waals surface area (Å²) in [4.78, 5) is 27.7. The summed E-state index contributed by atoms with van der Waals surface area (Å²) in [6.07, 6.45) is 1.19. The van der Waals surface area contributed by atoms with Crippen molar-refractivity contribution >= 4 is 11.9 Å². The van der Waals surface area contributed by atoms with Gasteiger partial charge in [-0.1, -0.05) is 6.07 Å². The minimum absolute atomic E-state index is 0.263. The Hall–Kier alpha value is -3.09. The van der Waals surface area contributed by atoms with E-state index in [1.54, 1.807) is 30.3 Å². The number of pyridine rings is 1. The lowest BCUT2D eigenvalue weighted by Crippen LogP contribution is -2.30. The SMILES string of the molecule is COc1ccc([C@H](CC(=O)O)NC(=O)c2ccc(C)nc2)cc1OC. The number of benzene rings is 1. The van der Waals surface area contributed by atoms with Crippen molar-refractivity contribution in [2.75, 3.05) is 14.2 Å². The molecule has 0 aliphatic rings. The molecular weight excluding hydrogens is 324 g/mol. The van der Waals surface area contributed by atoms with Crippen LogP contribution in [0.1, 0.15) is 34.1 Å². The van der Waals surface area contributed by atoms with E-state index in [1.807, 2.05) is 6.92 Å². The molecule has 1 aromatic heterocycles. The van der Waals surface area contributed by atoms with Crippen molar-refractivity contribution < 1.29 is 24.2 Å². The van der Waals surface area contributed by atoms with Crippen LogP contribution in [0.15, 0.2) is 36.5 Å². The second kappa shape index (κ2) is 8.14. The smallest absolute Gasteiger partial charge is 0.305 e. The van der Waals surface area contributed by atoms with Gasteiger partial charge in [0, 0.05) is 11.9 Å². The van der Waals surface area contributed by atoms with Gasteiger partial charge in [-0.2, -0.15) is 0 Å². The van der Waals surface area contributed by atoms with Crippen molar-refractivity contribution in [3.8, 4) is 11.5 Å². The van der Waals surface area contributed by atoms with E-state index in [9.17, 15) is 14.7 Å². The zero-order chi connectivity index (χ0) is 18.4. The number of carboxylic acids is 1. The van der Waals surface area contributed by atoms with Crippen LogP contribution < -0.4 is 14.8 Å². The zero-order valence-electron chi connectivity index (χ0n) is 14.3. The van der Waals surface area contributed by atoms with Crippen molar-refractivity contribution in [1.29, 1.82) is 0 Å². The molecule has 0 saturated heterocycles. The third kappa shape index (κ3) is 4.69. The van der Waals surface area contributed by atoms with Crippen LogP contribution in [0.5, 0.6) is 11.5 Å². The molecule has 0 unspecified atom stereocenters. The Morgan fingerprint density at radius 3 is 2.44 bits per heavy atom. The van der Waals surface area contributed by atoms with Gasteiger partial charge in [-0.05, 0) is 36.8 Å². The van der Waals surface area contributed by atoms with E-state index >= 15 is 0 Å². The fourth-order valence-corrected chi connectivity index (χ4v) is 2.34. The molecule has 1 atom stereocenters. The molecule has 132 valence electrons. The monoisotopic (exact) mass is 344 g/mol. The number of hydrogen-bond donors (Lipinski definition) is 2. The number of nitrogens with one attached hydrogen (secondary N) is 1. The van der Waals surface area contributed by atoms with Crippen LogP contribution in [0.25, 0.3) is 0 Å². The molecule has 2 rings (SSSR count). The number of ether oxygens (including phenoxy) is 2. The zero-order valence-corrected chi connectivity index (χ0v) is 14.3. The molecule has 0 saturated carbocycles. The predicted octanol–water partition coefficient (Wildman–Crippen LogP) is 2.35. The molecule has 0 bridgehead atoms. The molecule has 0 radical (unpaired) electrons. The van der Waals surface area contributed by atoms with E-state index in [1.165, 1.54) is 20.4 Å². The highest BCUT2D eigenvalue weighted by Crippen LogP contribution is 2.31. The maximum atomic E-state index is 12.4. The molecule has 1 aromatic carbocycles. The second-order valence-electron chi connectivity index (χ2n) is 5.43. The highest BCUT2D eigenvalue weighted by atomic mass is 16.5. The average Bonchev–Trinajstić information content (AvgIpc) is 2.60. The lowest BCUT2D eigenvalue weighted by Gasteiger charge is -2.19. The highest BCUT2D eigenvalue weighted by Gasteiger charge is 2.20. The number of methoxy groups -OCH3 is 2. The number of carbonyl (C=O) groups is 2. The van der Waals surface area contributed by atoms with Gasteiger partial charge in [-0.3, -0.25) is 14.6 Å². The van der Waals surface area contributed by atoms with Crippen LogP contribution in [-0.4, -0.2) is 36.2 Å². The van der Waals surface area contributed by atoms with Gasteiger partial charge < -0.3 is 19.9 Å². The standard InChI is InChI=1S/C18H20N2O5/c1-11-4-5-13(10-19-11)18(23)20-14(9-17(21)22)12-6-7-15(24-2)16(8-12)25-3/h4-8,10,14H,9H2,1-3H3,(H,20,23)(H,21,22)/t14-/m0/s1. The molecule has 1 amide bonds. The third-order valence-corrected chi connectivity index (χ3v) is 3.67. The second-order valence-corrected chi connectivity index (χ2v) is 5.43. The first-order valence-electron chi connectivity index (χ1n) is 7.61. The van der Waals surface area contributed by atoms with E-state index in [2.05, 4.69) is 10.3 Å². The van der Waals surface area contributed by atoms with Gasteiger partial charge in [0.1, 0.15) is 0 Å². The number of aryl methyl sites for hydroxylation is 1. The lowest BCUT2D eigenvalue weighted by molar-refractivity contribution is -0.137. The van der Waals surface area contributed by atoms with E-state index in [0.717, 1.165) is 5.69 Å². The van der Waals surface area contributed by atoms with Crippen molar-refractivity contribution in [3.63, 3.8) is 0 Å². The number of nitrogens with zero attached hydrogens (tertiary/aromatic N) is 1. The van der Waals surface area contributed by atoms with Crippen molar-refractivity contribution in [2.24, 2.45) is 0 Å². The minimum Gasteiger partial charge on any atom is -0.493 e.